The zero-order valence-electron chi connectivity index (χ0n) is 16.3. The van der Waals surface area contributed by atoms with Crippen molar-refractivity contribution in [1.82, 2.24) is 15.6 Å². The molecule has 3 rings (SSSR count). The summed E-state index contributed by atoms with van der Waals surface area (Å²) in [5.41, 5.74) is 1.69. The molecule has 1 aliphatic heterocycles. The Bertz CT molecular complexity index is 870. The molecule has 2 aromatic rings. The minimum atomic E-state index is -0.592. The average molecular weight is 391 g/mol. The van der Waals surface area contributed by atoms with E-state index in [4.69, 9.17) is 0 Å². The highest BCUT2D eigenvalue weighted by Crippen LogP contribution is 2.23. The Hall–Kier alpha value is -3.40. The van der Waals surface area contributed by atoms with Gasteiger partial charge in [0.05, 0.1) is 5.56 Å². The molecule has 0 aliphatic carbocycles. The summed E-state index contributed by atoms with van der Waals surface area (Å²) in [6.07, 6.45) is 4.13. The molecule has 0 saturated carbocycles. The summed E-state index contributed by atoms with van der Waals surface area (Å²) in [5, 5.41) is 14.6. The van der Waals surface area contributed by atoms with Crippen molar-refractivity contribution in [2.45, 2.75) is 19.3 Å². The Morgan fingerprint density at radius 2 is 1.79 bits per heavy atom. The van der Waals surface area contributed by atoms with Crippen LogP contribution in [0.2, 0.25) is 0 Å². The zero-order valence-corrected chi connectivity index (χ0v) is 16.3. The lowest BCUT2D eigenvalue weighted by atomic mass is 9.96. The van der Waals surface area contributed by atoms with E-state index in [0.29, 0.717) is 31.0 Å². The number of piperidine rings is 1. The molecule has 29 heavy (non-hydrogen) atoms. The van der Waals surface area contributed by atoms with E-state index in [1.165, 1.54) is 0 Å². The Morgan fingerprint density at radius 3 is 2.52 bits per heavy atom. The Balaban J connectivity index is 1.37. The fourth-order valence-electron chi connectivity index (χ4n) is 3.45. The zero-order chi connectivity index (χ0) is 20.5. The first-order valence-electron chi connectivity index (χ1n) is 9.87. The van der Waals surface area contributed by atoms with Crippen LogP contribution in [0.25, 0.3) is 0 Å². The van der Waals surface area contributed by atoms with Crippen LogP contribution in [-0.2, 0) is 16.0 Å². The molecule has 7 nitrogen and oxygen atoms in total. The molecule has 0 bridgehead atoms. The van der Waals surface area contributed by atoms with Crippen molar-refractivity contribution in [2.24, 2.45) is 5.92 Å². The molecule has 0 unspecified atom stereocenters. The summed E-state index contributed by atoms with van der Waals surface area (Å²) in [4.78, 5) is 30.4. The molecule has 7 heteroatoms. The molecule has 1 aliphatic rings. The van der Waals surface area contributed by atoms with Crippen LogP contribution in [0.1, 0.15) is 24.0 Å². The molecular formula is C22H25N5O2. The molecular weight excluding hydrogens is 366 g/mol. The third kappa shape index (κ3) is 5.79. The summed E-state index contributed by atoms with van der Waals surface area (Å²) in [7, 11) is 0. The lowest BCUT2D eigenvalue weighted by Gasteiger charge is -2.33. The molecule has 1 fully saturated rings. The third-order valence-corrected chi connectivity index (χ3v) is 5.12. The van der Waals surface area contributed by atoms with Crippen molar-refractivity contribution in [3.8, 4) is 6.07 Å². The second-order valence-corrected chi connectivity index (χ2v) is 7.12. The van der Waals surface area contributed by atoms with Crippen molar-refractivity contribution < 1.29 is 9.59 Å². The molecule has 0 spiro atoms. The predicted octanol–water partition coefficient (Wildman–Crippen LogP) is 1.64. The van der Waals surface area contributed by atoms with Crippen LogP contribution in [0.5, 0.6) is 0 Å². The van der Waals surface area contributed by atoms with E-state index in [0.717, 1.165) is 37.3 Å². The maximum atomic E-state index is 12.0. The van der Waals surface area contributed by atoms with Crippen molar-refractivity contribution in [3.05, 3.63) is 59.8 Å². The van der Waals surface area contributed by atoms with Gasteiger partial charge in [0, 0.05) is 32.4 Å². The maximum Gasteiger partial charge on any atom is 0.309 e. The van der Waals surface area contributed by atoms with Crippen molar-refractivity contribution >= 4 is 17.6 Å². The van der Waals surface area contributed by atoms with E-state index in [-0.39, 0.29) is 0 Å². The van der Waals surface area contributed by atoms with Gasteiger partial charge in [0.15, 0.2) is 0 Å². The number of pyridine rings is 1. The van der Waals surface area contributed by atoms with Gasteiger partial charge in [-0.05, 0) is 42.9 Å². The summed E-state index contributed by atoms with van der Waals surface area (Å²) in [5.74, 6) is -0.153. The number of rotatable bonds is 6. The number of carbonyl (C=O) groups is 2. The molecule has 2 heterocycles. The van der Waals surface area contributed by atoms with Gasteiger partial charge in [0.2, 0.25) is 0 Å². The van der Waals surface area contributed by atoms with Gasteiger partial charge in [0.25, 0.3) is 0 Å². The van der Waals surface area contributed by atoms with E-state index < -0.39 is 11.8 Å². The SMILES string of the molecule is N#Cc1cccnc1N1CCC(CNC(=O)C(=O)NCCc2ccccc2)CC1. The van der Waals surface area contributed by atoms with Gasteiger partial charge in [-0.25, -0.2) is 4.98 Å². The van der Waals surface area contributed by atoms with Gasteiger partial charge in [-0.15, -0.1) is 0 Å². The average Bonchev–Trinajstić information content (AvgIpc) is 2.78. The molecule has 150 valence electrons. The van der Waals surface area contributed by atoms with Crippen LogP contribution >= 0.6 is 0 Å². The first-order valence-corrected chi connectivity index (χ1v) is 9.87. The fourth-order valence-corrected chi connectivity index (χ4v) is 3.45. The normalized spacial score (nSPS) is 14.1. The minimum absolute atomic E-state index is 0.307. The number of benzene rings is 1. The Kier molecular flexibility index (Phi) is 7.17. The second kappa shape index (κ2) is 10.2. The van der Waals surface area contributed by atoms with E-state index in [2.05, 4.69) is 26.6 Å². The number of aromatic nitrogens is 1. The summed E-state index contributed by atoms with van der Waals surface area (Å²) in [6, 6.07) is 15.5. The van der Waals surface area contributed by atoms with Gasteiger partial charge < -0.3 is 15.5 Å². The van der Waals surface area contributed by atoms with Crippen molar-refractivity contribution in [1.29, 1.82) is 5.26 Å². The van der Waals surface area contributed by atoms with Crippen LogP contribution < -0.4 is 15.5 Å². The van der Waals surface area contributed by atoms with E-state index in [9.17, 15) is 14.9 Å². The molecule has 1 saturated heterocycles. The highest BCUT2D eigenvalue weighted by Gasteiger charge is 2.23. The first-order chi connectivity index (χ1) is 14.2. The standard InChI is InChI=1S/C22H25N5O2/c23-15-19-7-4-11-24-20(19)27-13-9-18(10-14-27)16-26-22(29)21(28)25-12-8-17-5-2-1-3-6-17/h1-7,11,18H,8-10,12-14,16H2,(H,25,28)(H,26,29). The molecule has 0 atom stereocenters. The van der Waals surface area contributed by atoms with Crippen LogP contribution in [0.15, 0.2) is 48.7 Å². The summed E-state index contributed by atoms with van der Waals surface area (Å²) >= 11 is 0. The highest BCUT2D eigenvalue weighted by molar-refractivity contribution is 6.35. The Labute approximate surface area is 170 Å². The van der Waals surface area contributed by atoms with Gasteiger partial charge in [-0.1, -0.05) is 30.3 Å². The van der Waals surface area contributed by atoms with Crippen LogP contribution in [-0.4, -0.2) is 43.0 Å². The lowest BCUT2D eigenvalue weighted by Crippen LogP contribution is -2.44. The van der Waals surface area contributed by atoms with Crippen LogP contribution in [0.4, 0.5) is 5.82 Å². The smallest absolute Gasteiger partial charge is 0.309 e. The van der Waals surface area contributed by atoms with E-state index in [1.807, 2.05) is 30.3 Å². The maximum absolute atomic E-state index is 12.0. The number of amides is 2. The number of nitrogens with zero attached hydrogens (tertiary/aromatic N) is 3. The molecule has 0 radical (unpaired) electrons. The highest BCUT2D eigenvalue weighted by atomic mass is 16.2. The quantitative estimate of drug-likeness (QED) is 0.730. The summed E-state index contributed by atoms with van der Waals surface area (Å²) < 4.78 is 0. The largest absolute Gasteiger partial charge is 0.356 e. The first kappa shape index (κ1) is 20.3. The number of hydrogen-bond donors (Lipinski definition) is 2. The van der Waals surface area contributed by atoms with Crippen molar-refractivity contribution in [3.63, 3.8) is 0 Å². The van der Waals surface area contributed by atoms with E-state index >= 15 is 0 Å². The van der Waals surface area contributed by atoms with Gasteiger partial charge in [0.1, 0.15) is 11.9 Å². The third-order valence-electron chi connectivity index (χ3n) is 5.12. The van der Waals surface area contributed by atoms with Gasteiger partial charge >= 0.3 is 11.8 Å². The number of hydrogen-bond acceptors (Lipinski definition) is 5. The lowest BCUT2D eigenvalue weighted by molar-refractivity contribution is -0.139. The summed E-state index contributed by atoms with van der Waals surface area (Å²) in [6.45, 7) is 2.46. The number of nitriles is 1. The van der Waals surface area contributed by atoms with Gasteiger partial charge in [-0.2, -0.15) is 5.26 Å². The number of anilines is 1. The number of carbonyl (C=O) groups excluding carboxylic acids is 2. The minimum Gasteiger partial charge on any atom is -0.356 e. The predicted molar refractivity (Wildman–Crippen MR) is 110 cm³/mol. The fraction of sp³-hybridized carbons (Fsp3) is 0.364. The topological polar surface area (TPSA) is 98.1 Å². The van der Waals surface area contributed by atoms with Crippen LogP contribution in [0.3, 0.4) is 0 Å². The van der Waals surface area contributed by atoms with Gasteiger partial charge in [-0.3, -0.25) is 9.59 Å². The van der Waals surface area contributed by atoms with Crippen molar-refractivity contribution in [2.75, 3.05) is 31.1 Å². The van der Waals surface area contributed by atoms with E-state index in [1.54, 1.807) is 18.3 Å². The Morgan fingerprint density at radius 1 is 1.07 bits per heavy atom. The second-order valence-electron chi connectivity index (χ2n) is 7.12. The molecule has 1 aromatic heterocycles. The van der Waals surface area contributed by atoms with Crippen LogP contribution in [0, 0.1) is 17.2 Å². The number of nitrogens with one attached hydrogen (secondary N) is 2. The molecule has 1 aromatic carbocycles. The molecule has 2 N–H and O–H groups in total. The molecule has 2 amide bonds. The monoisotopic (exact) mass is 391 g/mol.